The molecule has 0 aliphatic carbocycles. The van der Waals surface area contributed by atoms with Gasteiger partial charge in [-0.15, -0.1) is 0 Å². The molecule has 1 fully saturated rings. The second-order valence-electron chi connectivity index (χ2n) is 7.49. The normalized spacial score (nSPS) is 16.3. The third-order valence-corrected chi connectivity index (χ3v) is 5.55. The smallest absolute Gasteiger partial charge is 0.322 e. The van der Waals surface area contributed by atoms with Crippen LogP contribution in [0.1, 0.15) is 38.1 Å². The molecular weight excluding hydrogens is 378 g/mol. The predicted molar refractivity (Wildman–Crippen MR) is 117 cm³/mol. The molecular formula is C23H27N5O2. The van der Waals surface area contributed by atoms with Crippen molar-refractivity contribution in [3.8, 4) is 11.4 Å². The van der Waals surface area contributed by atoms with E-state index in [1.165, 1.54) is 0 Å². The minimum absolute atomic E-state index is 0.142. The summed E-state index contributed by atoms with van der Waals surface area (Å²) in [7, 11) is 2.01. The van der Waals surface area contributed by atoms with Crippen molar-refractivity contribution < 1.29 is 9.32 Å². The molecule has 0 saturated carbocycles. The van der Waals surface area contributed by atoms with Crippen LogP contribution in [0, 0.1) is 0 Å². The molecule has 1 aliphatic rings. The van der Waals surface area contributed by atoms with E-state index in [1.807, 2.05) is 66.5 Å². The minimum Gasteiger partial charge on any atom is -0.373 e. The van der Waals surface area contributed by atoms with Gasteiger partial charge in [0, 0.05) is 25.7 Å². The molecule has 2 aromatic carbocycles. The number of para-hydroxylation sites is 2. The van der Waals surface area contributed by atoms with Crippen LogP contribution in [-0.4, -0.2) is 41.2 Å². The number of amides is 2. The number of nitrogens with zero attached hydrogens (tertiary/aromatic N) is 4. The average Bonchev–Trinajstić information content (AvgIpc) is 3.30. The third kappa shape index (κ3) is 4.15. The van der Waals surface area contributed by atoms with Gasteiger partial charge in [0.15, 0.2) is 0 Å². The number of likely N-dealkylation sites (tertiary alicyclic amines) is 1. The third-order valence-electron chi connectivity index (χ3n) is 5.55. The number of hydrogen-bond acceptors (Lipinski definition) is 5. The molecule has 1 atom stereocenters. The van der Waals surface area contributed by atoms with Crippen LogP contribution in [0.4, 0.5) is 16.2 Å². The van der Waals surface area contributed by atoms with E-state index in [9.17, 15) is 4.79 Å². The Balaban J connectivity index is 1.55. The topological polar surface area (TPSA) is 74.5 Å². The summed E-state index contributed by atoms with van der Waals surface area (Å²) in [5, 5.41) is 7.23. The molecule has 1 saturated heterocycles. The van der Waals surface area contributed by atoms with Gasteiger partial charge in [0.05, 0.1) is 11.4 Å². The first kappa shape index (κ1) is 19.9. The Hall–Kier alpha value is -3.35. The summed E-state index contributed by atoms with van der Waals surface area (Å²) in [6, 6.07) is 17.2. The predicted octanol–water partition coefficient (Wildman–Crippen LogP) is 4.95. The maximum absolute atomic E-state index is 13.2. The monoisotopic (exact) mass is 405 g/mol. The molecule has 156 valence electrons. The molecule has 1 N–H and O–H groups in total. The molecule has 30 heavy (non-hydrogen) atoms. The van der Waals surface area contributed by atoms with Crippen LogP contribution in [0.5, 0.6) is 0 Å². The quantitative estimate of drug-likeness (QED) is 0.650. The van der Waals surface area contributed by atoms with Gasteiger partial charge in [0.25, 0.3) is 0 Å². The van der Waals surface area contributed by atoms with Crippen LogP contribution in [0.3, 0.4) is 0 Å². The van der Waals surface area contributed by atoms with Gasteiger partial charge >= 0.3 is 6.03 Å². The zero-order chi connectivity index (χ0) is 20.9. The lowest BCUT2D eigenvalue weighted by atomic mass is 10.0. The van der Waals surface area contributed by atoms with Crippen LogP contribution in [0.2, 0.25) is 0 Å². The number of rotatable bonds is 5. The largest absolute Gasteiger partial charge is 0.373 e. The first-order chi connectivity index (χ1) is 14.7. The maximum Gasteiger partial charge on any atom is 0.322 e. The molecule has 1 aromatic heterocycles. The fourth-order valence-electron chi connectivity index (χ4n) is 3.78. The van der Waals surface area contributed by atoms with Crippen molar-refractivity contribution in [3.05, 3.63) is 60.5 Å². The standard InChI is InChI=1S/C23H27N5O2/c1-3-27(2)19-14-8-7-13-18(19)24-23(29)28-16-10-9-15-20(28)22-25-21(26-30-22)17-11-5-4-6-12-17/h4-8,11-14,20H,3,9-10,15-16H2,1-2H3,(H,24,29). The fraction of sp³-hybridized carbons (Fsp3) is 0.348. The van der Waals surface area contributed by atoms with Gasteiger partial charge in [-0.05, 0) is 38.3 Å². The number of carbonyl (C=O) groups is 1. The number of piperidine rings is 1. The fourth-order valence-corrected chi connectivity index (χ4v) is 3.78. The molecule has 0 radical (unpaired) electrons. The molecule has 0 bridgehead atoms. The van der Waals surface area contributed by atoms with Gasteiger partial charge in [0.2, 0.25) is 11.7 Å². The van der Waals surface area contributed by atoms with Crippen LogP contribution in [0.15, 0.2) is 59.1 Å². The molecule has 1 unspecified atom stereocenters. The molecule has 7 heteroatoms. The van der Waals surface area contributed by atoms with Crippen molar-refractivity contribution in [2.75, 3.05) is 30.4 Å². The Morgan fingerprint density at radius 3 is 2.73 bits per heavy atom. The van der Waals surface area contributed by atoms with Crippen molar-refractivity contribution in [1.29, 1.82) is 0 Å². The van der Waals surface area contributed by atoms with E-state index in [0.717, 1.165) is 42.7 Å². The van der Waals surface area contributed by atoms with E-state index < -0.39 is 0 Å². The van der Waals surface area contributed by atoms with Crippen molar-refractivity contribution in [2.45, 2.75) is 32.2 Å². The van der Waals surface area contributed by atoms with E-state index >= 15 is 0 Å². The lowest BCUT2D eigenvalue weighted by molar-refractivity contribution is 0.142. The Morgan fingerprint density at radius 2 is 1.93 bits per heavy atom. The van der Waals surface area contributed by atoms with Gasteiger partial charge in [-0.2, -0.15) is 4.98 Å². The first-order valence-corrected chi connectivity index (χ1v) is 10.4. The van der Waals surface area contributed by atoms with Crippen LogP contribution >= 0.6 is 0 Å². The van der Waals surface area contributed by atoms with E-state index in [0.29, 0.717) is 18.3 Å². The zero-order valence-electron chi connectivity index (χ0n) is 17.4. The number of benzene rings is 2. The van der Waals surface area contributed by atoms with Gasteiger partial charge in [-0.25, -0.2) is 4.79 Å². The summed E-state index contributed by atoms with van der Waals surface area (Å²) < 4.78 is 5.58. The highest BCUT2D eigenvalue weighted by Gasteiger charge is 2.32. The number of aromatic nitrogens is 2. The molecule has 1 aliphatic heterocycles. The van der Waals surface area contributed by atoms with Gasteiger partial charge < -0.3 is 19.6 Å². The van der Waals surface area contributed by atoms with Gasteiger partial charge in [-0.3, -0.25) is 0 Å². The summed E-state index contributed by atoms with van der Waals surface area (Å²) >= 11 is 0. The number of nitrogens with one attached hydrogen (secondary N) is 1. The highest BCUT2D eigenvalue weighted by Crippen LogP contribution is 2.32. The van der Waals surface area contributed by atoms with E-state index in [2.05, 4.69) is 27.3 Å². The average molecular weight is 406 g/mol. The summed E-state index contributed by atoms with van der Waals surface area (Å²) in [5.41, 5.74) is 2.69. The second kappa shape index (κ2) is 8.98. The van der Waals surface area contributed by atoms with E-state index in [4.69, 9.17) is 4.52 Å². The van der Waals surface area contributed by atoms with Gasteiger partial charge in [-0.1, -0.05) is 47.6 Å². The maximum atomic E-state index is 13.2. The van der Waals surface area contributed by atoms with E-state index in [1.54, 1.807) is 0 Å². The molecule has 2 heterocycles. The summed E-state index contributed by atoms with van der Waals surface area (Å²) in [6.45, 7) is 3.59. The highest BCUT2D eigenvalue weighted by atomic mass is 16.5. The molecule has 0 spiro atoms. The Labute approximate surface area is 176 Å². The summed E-state index contributed by atoms with van der Waals surface area (Å²) in [5.74, 6) is 1.04. The Bertz CT molecular complexity index is 988. The minimum atomic E-state index is -0.222. The SMILES string of the molecule is CCN(C)c1ccccc1NC(=O)N1CCCCC1c1nc(-c2ccccc2)no1. The van der Waals surface area contributed by atoms with Crippen molar-refractivity contribution in [3.63, 3.8) is 0 Å². The van der Waals surface area contributed by atoms with Crippen molar-refractivity contribution in [1.82, 2.24) is 15.0 Å². The van der Waals surface area contributed by atoms with Crippen LogP contribution in [-0.2, 0) is 0 Å². The van der Waals surface area contributed by atoms with Crippen LogP contribution in [0.25, 0.3) is 11.4 Å². The van der Waals surface area contributed by atoms with Gasteiger partial charge in [0.1, 0.15) is 6.04 Å². The summed E-state index contributed by atoms with van der Waals surface area (Å²) in [4.78, 5) is 21.7. The second-order valence-corrected chi connectivity index (χ2v) is 7.49. The lowest BCUT2D eigenvalue weighted by Gasteiger charge is -2.33. The number of hydrogen-bond donors (Lipinski definition) is 1. The van der Waals surface area contributed by atoms with E-state index in [-0.39, 0.29) is 12.1 Å². The first-order valence-electron chi connectivity index (χ1n) is 10.4. The van der Waals surface area contributed by atoms with Crippen molar-refractivity contribution >= 4 is 17.4 Å². The molecule has 4 rings (SSSR count). The lowest BCUT2D eigenvalue weighted by Crippen LogP contribution is -2.41. The number of anilines is 2. The number of carbonyl (C=O) groups excluding carboxylic acids is 1. The van der Waals surface area contributed by atoms with Crippen LogP contribution < -0.4 is 10.2 Å². The summed E-state index contributed by atoms with van der Waals surface area (Å²) in [6.07, 6.45) is 2.78. The molecule has 7 nitrogen and oxygen atoms in total. The number of urea groups is 1. The van der Waals surface area contributed by atoms with Crippen molar-refractivity contribution in [2.24, 2.45) is 0 Å². The highest BCUT2D eigenvalue weighted by molar-refractivity contribution is 5.93. The molecule has 2 amide bonds. The Morgan fingerprint density at radius 1 is 1.17 bits per heavy atom. The Kier molecular flexibility index (Phi) is 5.97. The molecule has 3 aromatic rings. The zero-order valence-corrected chi connectivity index (χ0v) is 17.4.